The Morgan fingerprint density at radius 1 is 0.448 bits per heavy atom. The molecule has 6 aromatic carbocycles. The average molecular weight is 758 g/mol. The van der Waals surface area contributed by atoms with E-state index < -0.39 is 0 Å². The molecule has 6 aromatic rings. The molecule has 1 heteroatoms. The van der Waals surface area contributed by atoms with Gasteiger partial charge in [0.15, 0.2) is 0 Å². The second-order valence-electron chi connectivity index (χ2n) is 21.5. The first-order chi connectivity index (χ1) is 27.7. The maximum atomic E-state index is 2.68. The molecule has 4 bridgehead atoms. The summed E-state index contributed by atoms with van der Waals surface area (Å²) in [5, 5.41) is 0. The van der Waals surface area contributed by atoms with E-state index in [4.69, 9.17) is 0 Å². The van der Waals surface area contributed by atoms with Gasteiger partial charge in [0.1, 0.15) is 0 Å². The fourth-order valence-corrected chi connectivity index (χ4v) is 13.3. The molecule has 0 aliphatic heterocycles. The van der Waals surface area contributed by atoms with Gasteiger partial charge in [-0.3, -0.25) is 0 Å². The van der Waals surface area contributed by atoms with E-state index in [-0.39, 0.29) is 21.7 Å². The van der Waals surface area contributed by atoms with Crippen molar-refractivity contribution < 1.29 is 0 Å². The van der Waals surface area contributed by atoms with Crippen molar-refractivity contribution in [3.05, 3.63) is 161 Å². The van der Waals surface area contributed by atoms with Gasteiger partial charge in [-0.2, -0.15) is 0 Å². The lowest BCUT2D eigenvalue weighted by Gasteiger charge is -2.61. The van der Waals surface area contributed by atoms with E-state index in [0.717, 1.165) is 23.7 Å². The molecule has 1 nitrogen and oxygen atoms in total. The van der Waals surface area contributed by atoms with Gasteiger partial charge in [0.05, 0.1) is 5.69 Å². The van der Waals surface area contributed by atoms with Crippen molar-refractivity contribution in [2.24, 2.45) is 23.7 Å². The number of fused-ring (bicyclic) bond motifs is 6. The number of hydrogen-bond donors (Lipinski definition) is 0. The van der Waals surface area contributed by atoms with Crippen molar-refractivity contribution in [1.82, 2.24) is 0 Å². The maximum Gasteiger partial charge on any atom is 0.0540 e. The maximum absolute atomic E-state index is 2.68. The Kier molecular flexibility index (Phi) is 7.70. The monoisotopic (exact) mass is 757 g/mol. The van der Waals surface area contributed by atoms with Crippen molar-refractivity contribution in [3.8, 4) is 33.4 Å². The van der Waals surface area contributed by atoms with Gasteiger partial charge >= 0.3 is 0 Å². The molecular weight excluding hydrogens is 699 g/mol. The smallest absolute Gasteiger partial charge is 0.0540 e. The predicted octanol–water partition coefficient (Wildman–Crippen LogP) is 15.4. The molecule has 0 aromatic heterocycles. The lowest BCUT2D eigenvalue weighted by molar-refractivity contribution is -0.0399. The van der Waals surface area contributed by atoms with E-state index in [1.54, 1.807) is 11.1 Å². The Morgan fingerprint density at radius 2 is 0.948 bits per heavy atom. The molecule has 4 saturated carbocycles. The summed E-state index contributed by atoms with van der Waals surface area (Å²) in [6.07, 6.45) is 7.01. The van der Waals surface area contributed by atoms with Crippen molar-refractivity contribution >= 4 is 17.1 Å². The van der Waals surface area contributed by atoms with Crippen LogP contribution < -0.4 is 4.90 Å². The molecule has 58 heavy (non-hydrogen) atoms. The van der Waals surface area contributed by atoms with Crippen LogP contribution in [-0.4, -0.2) is 0 Å². The molecule has 0 heterocycles. The van der Waals surface area contributed by atoms with Crippen LogP contribution in [0.5, 0.6) is 0 Å². The van der Waals surface area contributed by atoms with E-state index in [0.29, 0.717) is 0 Å². The molecule has 0 amide bonds. The number of nitrogens with zero attached hydrogens (tertiary/aromatic N) is 1. The Hall–Kier alpha value is -4.88. The quantitative estimate of drug-likeness (QED) is 0.173. The number of anilines is 3. The summed E-state index contributed by atoms with van der Waals surface area (Å²) < 4.78 is 0. The van der Waals surface area contributed by atoms with Gasteiger partial charge in [-0.05, 0) is 158 Å². The normalized spacial score (nSPS) is 24.4. The minimum absolute atomic E-state index is 0.0126. The molecular formula is C57H59N. The van der Waals surface area contributed by atoms with Gasteiger partial charge in [0.25, 0.3) is 0 Å². The second kappa shape index (κ2) is 12.3. The summed E-state index contributed by atoms with van der Waals surface area (Å²) >= 11 is 0. The number of para-hydroxylation sites is 1. The first-order valence-corrected chi connectivity index (χ1v) is 22.3. The van der Waals surface area contributed by atoms with E-state index in [1.165, 1.54) is 105 Å². The highest BCUT2D eigenvalue weighted by Crippen LogP contribution is 2.70. The average Bonchev–Trinajstić information content (AvgIpc) is 3.62. The fourth-order valence-electron chi connectivity index (χ4n) is 13.3. The minimum atomic E-state index is -0.128. The number of rotatable bonds is 4. The molecule has 0 radical (unpaired) electrons. The lowest BCUT2D eigenvalue weighted by Crippen LogP contribution is -2.55. The van der Waals surface area contributed by atoms with E-state index in [9.17, 15) is 0 Å². The largest absolute Gasteiger partial charge is 0.310 e. The van der Waals surface area contributed by atoms with Gasteiger partial charge in [0, 0.05) is 27.8 Å². The fraction of sp³-hybridized carbons (Fsp3) is 0.368. The lowest BCUT2D eigenvalue weighted by atomic mass is 9.43. The van der Waals surface area contributed by atoms with Gasteiger partial charge < -0.3 is 4.90 Å². The van der Waals surface area contributed by atoms with Crippen LogP contribution in [0, 0.1) is 23.7 Å². The standard InChI is InChI=1S/C57H59N/c1-54(2,3)37-31-38(55(4,5)6)33-42(32-37)58(52-23-14-11-18-46(52)48-20-15-19-47-44-17-9-12-21-49(44)56(7,8)53(47)48)41-24-25-45-43-16-10-13-22-50(43)57(51(45)34-41)39-27-35-26-36(29-39)30-40(57)28-35/h9-25,31-36,39-40H,26-30H2,1-8H3. The first-order valence-electron chi connectivity index (χ1n) is 22.3. The summed E-state index contributed by atoms with van der Waals surface area (Å²) in [5.74, 6) is 3.26. The summed E-state index contributed by atoms with van der Waals surface area (Å²) in [5.41, 5.74) is 20.8. The molecule has 6 aliphatic rings. The Balaban J connectivity index is 1.18. The summed E-state index contributed by atoms with van der Waals surface area (Å²) in [6, 6.07) is 50.0. The molecule has 4 fully saturated rings. The van der Waals surface area contributed by atoms with Crippen LogP contribution >= 0.6 is 0 Å². The molecule has 6 aliphatic carbocycles. The highest BCUT2D eigenvalue weighted by Gasteiger charge is 2.61. The van der Waals surface area contributed by atoms with Gasteiger partial charge in [-0.1, -0.05) is 152 Å². The number of hydrogen-bond acceptors (Lipinski definition) is 1. The highest BCUT2D eigenvalue weighted by molar-refractivity contribution is 5.95. The third-order valence-electron chi connectivity index (χ3n) is 15.7. The molecule has 0 saturated heterocycles. The van der Waals surface area contributed by atoms with E-state index >= 15 is 0 Å². The molecule has 0 atom stereocenters. The van der Waals surface area contributed by atoms with Crippen molar-refractivity contribution in [1.29, 1.82) is 0 Å². The highest BCUT2D eigenvalue weighted by atomic mass is 15.1. The van der Waals surface area contributed by atoms with Crippen molar-refractivity contribution in [3.63, 3.8) is 0 Å². The van der Waals surface area contributed by atoms with Crippen molar-refractivity contribution in [2.75, 3.05) is 4.90 Å². The Bertz CT molecular complexity index is 2580. The third-order valence-corrected chi connectivity index (χ3v) is 15.7. The number of benzene rings is 6. The molecule has 12 rings (SSSR count). The Labute approximate surface area is 347 Å². The van der Waals surface area contributed by atoms with Crippen LogP contribution in [0.4, 0.5) is 17.1 Å². The summed E-state index contributed by atoms with van der Waals surface area (Å²) in [4.78, 5) is 2.65. The molecule has 0 unspecified atom stereocenters. The molecule has 292 valence electrons. The van der Waals surface area contributed by atoms with Gasteiger partial charge in [0.2, 0.25) is 0 Å². The third kappa shape index (κ3) is 5.07. The zero-order valence-electron chi connectivity index (χ0n) is 35.9. The second-order valence-corrected chi connectivity index (χ2v) is 21.5. The van der Waals surface area contributed by atoms with Crippen LogP contribution in [-0.2, 0) is 21.7 Å². The van der Waals surface area contributed by atoms with Gasteiger partial charge in [-0.15, -0.1) is 0 Å². The van der Waals surface area contributed by atoms with Crippen LogP contribution in [0.15, 0.2) is 127 Å². The van der Waals surface area contributed by atoms with Crippen LogP contribution in [0.25, 0.3) is 33.4 Å². The van der Waals surface area contributed by atoms with Crippen molar-refractivity contribution in [2.45, 2.75) is 109 Å². The van der Waals surface area contributed by atoms with E-state index in [2.05, 4.69) is 188 Å². The molecule has 1 spiro atoms. The minimum Gasteiger partial charge on any atom is -0.310 e. The topological polar surface area (TPSA) is 3.24 Å². The predicted molar refractivity (Wildman–Crippen MR) is 245 cm³/mol. The first kappa shape index (κ1) is 36.2. The summed E-state index contributed by atoms with van der Waals surface area (Å²) in [6.45, 7) is 19.1. The van der Waals surface area contributed by atoms with Crippen LogP contribution in [0.3, 0.4) is 0 Å². The zero-order chi connectivity index (χ0) is 39.9. The SMILES string of the molecule is CC(C)(C)c1cc(N(c2ccc3c(c2)C2(c4ccccc4-3)C3CC4CC(C3)CC2C4)c2ccccc2-c2cccc3c2C(C)(C)c2ccccc2-3)cc(C(C)(C)C)c1. The Morgan fingerprint density at radius 3 is 1.57 bits per heavy atom. The van der Waals surface area contributed by atoms with E-state index in [1.807, 2.05) is 0 Å². The molecule has 0 N–H and O–H groups in total. The summed E-state index contributed by atoms with van der Waals surface area (Å²) in [7, 11) is 0. The zero-order valence-corrected chi connectivity index (χ0v) is 35.9. The van der Waals surface area contributed by atoms with Gasteiger partial charge in [-0.25, -0.2) is 0 Å². The van der Waals surface area contributed by atoms with Crippen LogP contribution in [0.1, 0.15) is 121 Å². The van der Waals surface area contributed by atoms with Crippen LogP contribution in [0.2, 0.25) is 0 Å².